The molecule has 4 rings (SSSR count). The normalized spacial score (nSPS) is 11.4. The number of methoxy groups -OCH3 is 1. The van der Waals surface area contributed by atoms with E-state index in [4.69, 9.17) is 4.74 Å². The minimum Gasteiger partial charge on any atom is -0.490 e. The summed E-state index contributed by atoms with van der Waals surface area (Å²) in [6, 6.07) is 18.3. The van der Waals surface area contributed by atoms with Crippen LogP contribution in [0.15, 0.2) is 88.9 Å². The second-order valence-electron chi connectivity index (χ2n) is 9.53. The van der Waals surface area contributed by atoms with Gasteiger partial charge in [-0.15, -0.1) is 0 Å². The molecule has 0 aliphatic heterocycles. The first-order chi connectivity index (χ1) is 20.1. The lowest BCUT2D eigenvalue weighted by Gasteiger charge is -2.24. The quantitative estimate of drug-likeness (QED) is 0.108. The number of hydrogen-bond acceptors (Lipinski definition) is 5. The highest BCUT2D eigenvalue weighted by Gasteiger charge is 2.30. The summed E-state index contributed by atoms with van der Waals surface area (Å²) in [5, 5.41) is 0.329. The highest BCUT2D eigenvalue weighted by atomic mass is 32.2. The molecule has 0 saturated heterocycles. The van der Waals surface area contributed by atoms with E-state index in [-0.39, 0.29) is 24.0 Å². The maximum absolute atomic E-state index is 13.5. The topological polar surface area (TPSA) is 64.4 Å². The van der Waals surface area contributed by atoms with E-state index in [1.54, 1.807) is 21.6 Å². The number of benzene rings is 3. The van der Waals surface area contributed by atoms with Crippen LogP contribution in [-0.2, 0) is 29.8 Å². The molecule has 0 aliphatic carbocycles. The summed E-state index contributed by atoms with van der Waals surface area (Å²) in [6.45, 7) is 2.69. The van der Waals surface area contributed by atoms with E-state index >= 15 is 0 Å². The molecule has 1 heterocycles. The van der Waals surface area contributed by atoms with E-state index < -0.39 is 17.3 Å². The van der Waals surface area contributed by atoms with Gasteiger partial charge in [0.1, 0.15) is 12.4 Å². The molecule has 0 spiro atoms. The van der Waals surface area contributed by atoms with Crippen LogP contribution >= 0.6 is 11.8 Å². The van der Waals surface area contributed by atoms with Crippen LogP contribution in [0.25, 0.3) is 11.1 Å². The third-order valence-corrected chi connectivity index (χ3v) is 7.51. The molecule has 0 aliphatic rings. The van der Waals surface area contributed by atoms with E-state index in [1.807, 2.05) is 31.2 Å². The molecule has 6 nitrogen and oxygen atoms in total. The highest BCUT2D eigenvalue weighted by molar-refractivity contribution is 7.98. The Morgan fingerprint density at radius 2 is 1.55 bits per heavy atom. The molecule has 0 bridgehead atoms. The Bertz CT molecular complexity index is 1560. The van der Waals surface area contributed by atoms with Gasteiger partial charge in [-0.3, -0.25) is 9.59 Å². The minimum atomic E-state index is -4.39. The van der Waals surface area contributed by atoms with Gasteiger partial charge in [-0.1, -0.05) is 67.2 Å². The molecule has 0 atom stereocenters. The van der Waals surface area contributed by atoms with Gasteiger partial charge in [0.2, 0.25) is 11.7 Å². The van der Waals surface area contributed by atoms with E-state index in [1.165, 1.54) is 49.3 Å². The average molecular weight is 600 g/mol. The number of aromatic nitrogens is 2. The Labute approximate surface area is 245 Å². The Balaban J connectivity index is 1.49. The Morgan fingerprint density at radius 3 is 2.12 bits per heavy atom. The van der Waals surface area contributed by atoms with Gasteiger partial charge in [0.25, 0.3) is 0 Å². The van der Waals surface area contributed by atoms with Crippen LogP contribution in [-0.4, -0.2) is 34.0 Å². The van der Waals surface area contributed by atoms with Crippen LogP contribution in [0.3, 0.4) is 0 Å². The van der Waals surface area contributed by atoms with Crippen LogP contribution < -0.4 is 10.3 Å². The Hall–Kier alpha value is -4.12. The molecule has 3 aromatic carbocycles. The van der Waals surface area contributed by atoms with Crippen LogP contribution in [0.5, 0.6) is 5.75 Å². The molecule has 1 aromatic heterocycles. The largest absolute Gasteiger partial charge is 0.490 e. The molecule has 220 valence electrons. The molecule has 0 unspecified atom stereocenters. The molecule has 11 heteroatoms. The van der Waals surface area contributed by atoms with Crippen molar-refractivity contribution in [3.63, 3.8) is 0 Å². The predicted molar refractivity (Wildman–Crippen MR) is 154 cm³/mol. The number of halogens is 4. The number of thioether (sulfide) groups is 1. The lowest BCUT2D eigenvalue weighted by Crippen LogP contribution is -2.35. The molecule has 4 aromatic rings. The lowest BCUT2D eigenvalue weighted by atomic mass is 10.0. The standard InChI is InChI=1S/C31H29F4N3O3S/c1-3-16-37(17-21-4-8-23(9-5-21)24-10-12-25(13-11-24)31(33,34)35)28(39)19-38-18-27(41-2)29(40)36-30(38)42-20-22-6-14-26(32)15-7-22/h4-15,18H,3,16-17,19-20H2,1-2H3. The number of alkyl halides is 3. The van der Waals surface area contributed by atoms with Crippen LogP contribution in [0, 0.1) is 5.82 Å². The Morgan fingerprint density at radius 1 is 0.952 bits per heavy atom. The van der Waals surface area contributed by atoms with E-state index in [2.05, 4.69) is 4.98 Å². The summed E-state index contributed by atoms with van der Waals surface area (Å²) in [5.41, 5.74) is 1.84. The summed E-state index contributed by atoms with van der Waals surface area (Å²) >= 11 is 1.25. The second-order valence-corrected chi connectivity index (χ2v) is 10.5. The van der Waals surface area contributed by atoms with Gasteiger partial charge in [0, 0.05) is 18.8 Å². The third-order valence-electron chi connectivity index (χ3n) is 6.45. The van der Waals surface area contributed by atoms with Gasteiger partial charge in [-0.05, 0) is 52.9 Å². The van der Waals surface area contributed by atoms with Gasteiger partial charge in [-0.2, -0.15) is 18.2 Å². The van der Waals surface area contributed by atoms with Gasteiger partial charge in [-0.25, -0.2) is 4.39 Å². The predicted octanol–water partition coefficient (Wildman–Crippen LogP) is 6.81. The van der Waals surface area contributed by atoms with E-state index in [9.17, 15) is 27.2 Å². The van der Waals surface area contributed by atoms with Crippen molar-refractivity contribution in [1.29, 1.82) is 0 Å². The number of carbonyl (C=O) groups excluding carboxylic acids is 1. The van der Waals surface area contributed by atoms with Crippen molar-refractivity contribution in [2.75, 3.05) is 13.7 Å². The van der Waals surface area contributed by atoms with Crippen molar-refractivity contribution in [2.24, 2.45) is 0 Å². The summed E-state index contributed by atoms with van der Waals surface area (Å²) in [4.78, 5) is 31.7. The minimum absolute atomic E-state index is 0.00910. The van der Waals surface area contributed by atoms with Crippen LogP contribution in [0.2, 0.25) is 0 Å². The molecule has 0 N–H and O–H groups in total. The number of ether oxygens (including phenoxy) is 1. The van der Waals surface area contributed by atoms with Gasteiger partial charge in [0.15, 0.2) is 5.16 Å². The van der Waals surface area contributed by atoms with Crippen molar-refractivity contribution in [3.8, 4) is 16.9 Å². The van der Waals surface area contributed by atoms with Gasteiger partial charge < -0.3 is 14.2 Å². The Kier molecular flexibility index (Phi) is 10.1. The van der Waals surface area contributed by atoms with Crippen molar-refractivity contribution in [3.05, 3.63) is 112 Å². The fraction of sp³-hybridized carbons (Fsp3) is 0.258. The lowest BCUT2D eigenvalue weighted by molar-refractivity contribution is -0.137. The number of nitrogens with zero attached hydrogens (tertiary/aromatic N) is 3. The molecule has 0 saturated carbocycles. The molecule has 1 amide bonds. The summed E-state index contributed by atoms with van der Waals surface area (Å²) < 4.78 is 58.7. The number of amides is 1. The first-order valence-electron chi connectivity index (χ1n) is 13.1. The average Bonchev–Trinajstić information content (AvgIpc) is 2.97. The maximum Gasteiger partial charge on any atom is 0.416 e. The van der Waals surface area contributed by atoms with Gasteiger partial charge in [0.05, 0.1) is 18.9 Å². The third kappa shape index (κ3) is 8.00. The second kappa shape index (κ2) is 13.7. The van der Waals surface area contributed by atoms with Crippen molar-refractivity contribution in [1.82, 2.24) is 14.5 Å². The number of rotatable bonds is 11. The van der Waals surface area contributed by atoms with Crippen molar-refractivity contribution < 1.29 is 27.1 Å². The van der Waals surface area contributed by atoms with E-state index in [0.29, 0.717) is 36.0 Å². The first-order valence-corrected chi connectivity index (χ1v) is 14.1. The van der Waals surface area contributed by atoms with Crippen molar-refractivity contribution >= 4 is 17.7 Å². The van der Waals surface area contributed by atoms with Crippen molar-refractivity contribution in [2.45, 2.75) is 43.5 Å². The number of carbonyl (C=O) groups is 1. The zero-order valence-corrected chi connectivity index (χ0v) is 23.8. The van der Waals surface area contributed by atoms with Gasteiger partial charge >= 0.3 is 11.7 Å². The fourth-order valence-corrected chi connectivity index (χ4v) is 5.16. The van der Waals surface area contributed by atoms with E-state index in [0.717, 1.165) is 28.8 Å². The maximum atomic E-state index is 13.5. The zero-order valence-electron chi connectivity index (χ0n) is 23.0. The molecular weight excluding hydrogens is 570 g/mol. The first kappa shape index (κ1) is 30.8. The summed E-state index contributed by atoms with van der Waals surface area (Å²) in [6.07, 6.45) is -2.22. The van der Waals surface area contributed by atoms with Crippen LogP contribution in [0.4, 0.5) is 17.6 Å². The molecular formula is C31H29F4N3O3S. The number of hydrogen-bond donors (Lipinski definition) is 0. The smallest absolute Gasteiger partial charge is 0.416 e. The molecule has 0 fully saturated rings. The molecule has 0 radical (unpaired) electrons. The monoisotopic (exact) mass is 599 g/mol. The highest BCUT2D eigenvalue weighted by Crippen LogP contribution is 2.31. The SMILES string of the molecule is CCCN(Cc1ccc(-c2ccc(C(F)(F)F)cc2)cc1)C(=O)Cn1cc(OC)c(=O)nc1SCc1ccc(F)cc1. The zero-order chi connectivity index (χ0) is 30.3. The molecule has 42 heavy (non-hydrogen) atoms. The summed E-state index contributed by atoms with van der Waals surface area (Å²) in [5.74, 6) is -0.120. The summed E-state index contributed by atoms with van der Waals surface area (Å²) in [7, 11) is 1.35. The van der Waals surface area contributed by atoms with Crippen LogP contribution in [0.1, 0.15) is 30.0 Å². The fourth-order valence-electron chi connectivity index (χ4n) is 4.24.